The highest BCUT2D eigenvalue weighted by Crippen LogP contribution is 2.43. The molecule has 0 unspecified atom stereocenters. The molecule has 0 aliphatic heterocycles. The molecule has 0 radical (unpaired) electrons. The second kappa shape index (κ2) is 8.52. The number of nitrogens with zero attached hydrogens (tertiary/aromatic N) is 4. The van der Waals surface area contributed by atoms with Gasteiger partial charge in [0.05, 0.1) is 21.9 Å². The highest BCUT2D eigenvalue weighted by molar-refractivity contribution is 7.14. The van der Waals surface area contributed by atoms with E-state index in [1.807, 2.05) is 48.9 Å². The van der Waals surface area contributed by atoms with Crippen molar-refractivity contribution in [1.29, 1.82) is 0 Å². The zero-order chi connectivity index (χ0) is 23.0. The van der Waals surface area contributed by atoms with Gasteiger partial charge in [-0.15, -0.1) is 11.3 Å². The fourth-order valence-corrected chi connectivity index (χ4v) is 5.26. The van der Waals surface area contributed by atoms with Crippen molar-refractivity contribution in [3.63, 3.8) is 0 Å². The van der Waals surface area contributed by atoms with E-state index in [4.69, 9.17) is 11.6 Å². The first-order chi connectivity index (χ1) is 15.2. The van der Waals surface area contributed by atoms with Crippen LogP contribution in [0.15, 0.2) is 47.1 Å². The maximum Gasteiger partial charge on any atom is 0.275 e. The number of aromatic nitrogens is 4. The maximum atomic E-state index is 13.0. The summed E-state index contributed by atoms with van der Waals surface area (Å²) in [5, 5.41) is 2.52. The number of carbonyl (C=O) groups is 1. The topological polar surface area (TPSA) is 83.9 Å². The third-order valence-electron chi connectivity index (χ3n) is 5.36. The number of nitrogens with one attached hydrogen (secondary N) is 1. The molecule has 4 rings (SSSR count). The highest BCUT2D eigenvalue weighted by Gasteiger charge is 2.28. The van der Waals surface area contributed by atoms with Gasteiger partial charge in [-0.2, -0.15) is 0 Å². The van der Waals surface area contributed by atoms with E-state index >= 15 is 0 Å². The molecule has 4 aromatic heterocycles. The molecule has 0 spiro atoms. The molecule has 9 heteroatoms. The van der Waals surface area contributed by atoms with Crippen molar-refractivity contribution >= 4 is 39.9 Å². The van der Waals surface area contributed by atoms with Crippen LogP contribution in [0.1, 0.15) is 27.7 Å². The van der Waals surface area contributed by atoms with Gasteiger partial charge in [-0.25, -0.2) is 4.98 Å². The molecule has 4 heterocycles. The number of halogens is 1. The number of pyridine rings is 1. The zero-order valence-corrected chi connectivity index (χ0v) is 19.9. The highest BCUT2D eigenvalue weighted by atomic mass is 35.5. The Hall–Kier alpha value is -2.97. The second-order valence-corrected chi connectivity index (χ2v) is 9.81. The van der Waals surface area contributed by atoms with Gasteiger partial charge in [0, 0.05) is 49.1 Å². The molecule has 1 N–H and O–H groups in total. The van der Waals surface area contributed by atoms with Crippen molar-refractivity contribution in [1.82, 2.24) is 24.4 Å². The largest absolute Gasteiger partial charge is 0.336 e. The molecule has 0 aliphatic rings. The molecule has 166 valence electrons. The molecular formula is C23H24ClN5O2S. The molecule has 32 heavy (non-hydrogen) atoms. The van der Waals surface area contributed by atoms with E-state index in [1.165, 1.54) is 17.7 Å². The Morgan fingerprint density at radius 2 is 2.09 bits per heavy atom. The zero-order valence-electron chi connectivity index (χ0n) is 18.3. The van der Waals surface area contributed by atoms with Crippen LogP contribution in [-0.4, -0.2) is 42.4 Å². The van der Waals surface area contributed by atoms with E-state index in [2.05, 4.69) is 15.0 Å². The Bertz CT molecular complexity index is 1330. The van der Waals surface area contributed by atoms with Gasteiger partial charge in [0.15, 0.2) is 0 Å². The number of fused-ring (bicyclic) bond motifs is 1. The van der Waals surface area contributed by atoms with Gasteiger partial charge in [0.25, 0.3) is 5.56 Å². The van der Waals surface area contributed by atoms with Crippen LogP contribution in [0.5, 0.6) is 0 Å². The van der Waals surface area contributed by atoms with Crippen LogP contribution in [0, 0.1) is 0 Å². The van der Waals surface area contributed by atoms with E-state index in [1.54, 1.807) is 24.2 Å². The molecule has 0 saturated carbocycles. The number of amides is 1. The SMILES string of the molecule is CC(=O)N(CCn1c(-c2sccc2Cl)c(-c2cccnc2)c2nc[nH]c(=O)c21)C(C)(C)C. The molecule has 4 aromatic rings. The quantitative estimate of drug-likeness (QED) is 0.454. The summed E-state index contributed by atoms with van der Waals surface area (Å²) in [7, 11) is 0. The fourth-order valence-electron chi connectivity index (χ4n) is 4.06. The van der Waals surface area contributed by atoms with Gasteiger partial charge in [-0.05, 0) is 38.3 Å². The molecule has 0 bridgehead atoms. The summed E-state index contributed by atoms with van der Waals surface area (Å²) in [5.41, 5.74) is 2.86. The summed E-state index contributed by atoms with van der Waals surface area (Å²) >= 11 is 8.07. The number of rotatable bonds is 5. The second-order valence-electron chi connectivity index (χ2n) is 8.48. The predicted octanol–water partition coefficient (Wildman–Crippen LogP) is 4.82. The lowest BCUT2D eigenvalue weighted by Gasteiger charge is -2.35. The van der Waals surface area contributed by atoms with Crippen LogP contribution in [0.25, 0.3) is 32.7 Å². The Morgan fingerprint density at radius 1 is 1.31 bits per heavy atom. The summed E-state index contributed by atoms with van der Waals surface area (Å²) in [6.45, 7) is 8.38. The van der Waals surface area contributed by atoms with Gasteiger partial charge in [0.1, 0.15) is 11.0 Å². The Balaban J connectivity index is 2.01. The lowest BCUT2D eigenvalue weighted by Crippen LogP contribution is -2.46. The van der Waals surface area contributed by atoms with Gasteiger partial charge >= 0.3 is 0 Å². The van der Waals surface area contributed by atoms with Crippen LogP contribution in [-0.2, 0) is 11.3 Å². The minimum absolute atomic E-state index is 0.0239. The lowest BCUT2D eigenvalue weighted by molar-refractivity contribution is -0.133. The average Bonchev–Trinajstić information content (AvgIpc) is 3.29. The normalized spacial score (nSPS) is 11.8. The lowest BCUT2D eigenvalue weighted by atomic mass is 10.1. The number of thiophene rings is 1. The van der Waals surface area contributed by atoms with Crippen LogP contribution in [0.4, 0.5) is 0 Å². The van der Waals surface area contributed by atoms with E-state index in [-0.39, 0.29) is 17.0 Å². The Labute approximate surface area is 194 Å². The molecular weight excluding hydrogens is 446 g/mol. The monoisotopic (exact) mass is 469 g/mol. The standard InChI is InChI=1S/C23H24ClN5O2S/c1-14(30)29(23(2,3)4)10-9-28-19(21-16(24)7-11-32-21)17(15-6-5-8-25-12-15)18-20(28)22(31)27-13-26-18/h5-8,11-13H,9-10H2,1-4H3,(H,26,27,31). The molecule has 0 fully saturated rings. The Kier molecular flexibility index (Phi) is 5.92. The van der Waals surface area contributed by atoms with Crippen molar-refractivity contribution in [3.05, 3.63) is 57.7 Å². The first-order valence-corrected chi connectivity index (χ1v) is 11.5. The number of aromatic amines is 1. The minimum atomic E-state index is -0.355. The molecule has 0 aromatic carbocycles. The van der Waals surface area contributed by atoms with E-state index in [0.717, 1.165) is 21.7 Å². The molecule has 0 saturated heterocycles. The van der Waals surface area contributed by atoms with Crippen LogP contribution in [0.3, 0.4) is 0 Å². The maximum absolute atomic E-state index is 13.0. The summed E-state index contributed by atoms with van der Waals surface area (Å²) < 4.78 is 1.93. The van der Waals surface area contributed by atoms with E-state index in [0.29, 0.717) is 29.1 Å². The van der Waals surface area contributed by atoms with Crippen molar-refractivity contribution in [2.75, 3.05) is 6.54 Å². The summed E-state index contributed by atoms with van der Waals surface area (Å²) in [4.78, 5) is 39.5. The van der Waals surface area contributed by atoms with Crippen molar-refractivity contribution in [3.8, 4) is 21.7 Å². The predicted molar refractivity (Wildman–Crippen MR) is 129 cm³/mol. The molecule has 1 amide bonds. The summed E-state index contributed by atoms with van der Waals surface area (Å²) in [6.07, 6.45) is 4.87. The summed E-state index contributed by atoms with van der Waals surface area (Å²) in [5.74, 6) is -0.0239. The number of hydrogen-bond donors (Lipinski definition) is 1. The van der Waals surface area contributed by atoms with Gasteiger partial charge in [-0.1, -0.05) is 17.7 Å². The smallest absolute Gasteiger partial charge is 0.275 e. The van der Waals surface area contributed by atoms with Crippen LogP contribution < -0.4 is 5.56 Å². The summed E-state index contributed by atoms with van der Waals surface area (Å²) in [6, 6.07) is 5.63. The number of hydrogen-bond acceptors (Lipinski definition) is 5. The van der Waals surface area contributed by atoms with Gasteiger partial charge < -0.3 is 14.5 Å². The number of carbonyl (C=O) groups excluding carboxylic acids is 1. The van der Waals surface area contributed by atoms with Crippen molar-refractivity contribution in [2.45, 2.75) is 39.8 Å². The first kappa shape index (κ1) is 22.2. The van der Waals surface area contributed by atoms with Gasteiger partial charge in [0.2, 0.25) is 5.91 Å². The van der Waals surface area contributed by atoms with Crippen LogP contribution >= 0.6 is 22.9 Å². The number of H-pyrrole nitrogens is 1. The van der Waals surface area contributed by atoms with E-state index < -0.39 is 0 Å². The average molecular weight is 470 g/mol. The Morgan fingerprint density at radius 3 is 2.69 bits per heavy atom. The first-order valence-electron chi connectivity index (χ1n) is 10.2. The van der Waals surface area contributed by atoms with Gasteiger partial charge in [-0.3, -0.25) is 14.6 Å². The van der Waals surface area contributed by atoms with E-state index in [9.17, 15) is 9.59 Å². The van der Waals surface area contributed by atoms with Crippen molar-refractivity contribution in [2.24, 2.45) is 0 Å². The molecule has 7 nitrogen and oxygen atoms in total. The van der Waals surface area contributed by atoms with Crippen LogP contribution in [0.2, 0.25) is 5.02 Å². The third-order valence-corrected chi connectivity index (χ3v) is 6.71. The third kappa shape index (κ3) is 3.96. The molecule has 0 atom stereocenters. The molecule has 0 aliphatic carbocycles. The minimum Gasteiger partial charge on any atom is -0.336 e. The van der Waals surface area contributed by atoms with Crippen molar-refractivity contribution < 1.29 is 4.79 Å². The fraction of sp³-hybridized carbons (Fsp3) is 0.304.